The third-order valence-corrected chi connectivity index (χ3v) is 3.46. The minimum Gasteiger partial charge on any atom is -0.377 e. The molecule has 8 heteroatoms. The van der Waals surface area contributed by atoms with Crippen LogP contribution in [-0.4, -0.2) is 36.6 Å². The highest BCUT2D eigenvalue weighted by Crippen LogP contribution is 2.24. The Hall–Kier alpha value is -1.70. The van der Waals surface area contributed by atoms with E-state index in [1.54, 1.807) is 19.1 Å². The van der Waals surface area contributed by atoms with Gasteiger partial charge in [-0.15, -0.1) is 12.4 Å². The van der Waals surface area contributed by atoms with Crippen molar-refractivity contribution in [2.75, 3.05) is 25.0 Å². The van der Waals surface area contributed by atoms with E-state index < -0.39 is 4.92 Å². The van der Waals surface area contributed by atoms with E-state index in [1.807, 2.05) is 0 Å². The van der Waals surface area contributed by atoms with Gasteiger partial charge < -0.3 is 15.4 Å². The fraction of sp³-hybridized carbons (Fsp3) is 0.500. The summed E-state index contributed by atoms with van der Waals surface area (Å²) in [5.41, 5.74) is 0.920. The number of ether oxygens (including phenoxy) is 1. The molecule has 0 saturated carbocycles. The monoisotopic (exact) mass is 329 g/mol. The number of nitrogens with zero attached hydrogens (tertiary/aromatic N) is 1. The number of carbonyl (C=O) groups excluding carboxylic acids is 1. The van der Waals surface area contributed by atoms with Gasteiger partial charge in [-0.05, 0) is 25.8 Å². The summed E-state index contributed by atoms with van der Waals surface area (Å²) in [6.45, 7) is 3.20. The van der Waals surface area contributed by atoms with E-state index in [0.29, 0.717) is 17.8 Å². The number of halogens is 1. The van der Waals surface area contributed by atoms with E-state index in [4.69, 9.17) is 4.74 Å². The highest BCUT2D eigenvalue weighted by molar-refractivity contribution is 5.93. The molecule has 0 radical (unpaired) electrons. The summed E-state index contributed by atoms with van der Waals surface area (Å²) in [6.07, 6.45) is 2.25. The Balaban J connectivity index is 0.00000242. The zero-order valence-electron chi connectivity index (χ0n) is 12.3. The standard InChI is InChI=1S/C14H19N3O4.ClH/c1-10-12(5-2-6-13(10)17(19)20)16-14(18)9-15-8-11-4-3-7-21-11;/h2,5-6,11,15H,3-4,7-9H2,1H3,(H,16,18);1H. The number of benzene rings is 1. The quantitative estimate of drug-likeness (QED) is 0.615. The van der Waals surface area contributed by atoms with Gasteiger partial charge in [0.1, 0.15) is 0 Å². The molecule has 1 saturated heterocycles. The lowest BCUT2D eigenvalue weighted by molar-refractivity contribution is -0.385. The molecule has 1 fully saturated rings. The summed E-state index contributed by atoms with van der Waals surface area (Å²) >= 11 is 0. The fourth-order valence-corrected chi connectivity index (χ4v) is 2.30. The van der Waals surface area contributed by atoms with Gasteiger partial charge in [0.2, 0.25) is 5.91 Å². The second kappa shape index (κ2) is 8.67. The molecule has 1 aromatic carbocycles. The van der Waals surface area contributed by atoms with Crippen LogP contribution in [0.3, 0.4) is 0 Å². The van der Waals surface area contributed by atoms with Gasteiger partial charge in [-0.1, -0.05) is 6.07 Å². The second-order valence-corrected chi connectivity index (χ2v) is 5.02. The second-order valence-electron chi connectivity index (χ2n) is 5.02. The van der Waals surface area contributed by atoms with Crippen molar-refractivity contribution in [3.8, 4) is 0 Å². The highest BCUT2D eigenvalue weighted by atomic mass is 35.5. The maximum absolute atomic E-state index is 11.8. The molecule has 0 bridgehead atoms. The first kappa shape index (κ1) is 18.3. The van der Waals surface area contributed by atoms with E-state index in [2.05, 4.69) is 10.6 Å². The van der Waals surface area contributed by atoms with Crippen molar-refractivity contribution in [2.24, 2.45) is 0 Å². The Kier molecular flexibility index (Phi) is 7.23. The number of nitro benzene ring substituents is 1. The summed E-state index contributed by atoms with van der Waals surface area (Å²) in [5.74, 6) is -0.225. The smallest absolute Gasteiger partial charge is 0.274 e. The summed E-state index contributed by atoms with van der Waals surface area (Å²) in [5, 5.41) is 16.6. The zero-order chi connectivity index (χ0) is 15.2. The van der Waals surface area contributed by atoms with Gasteiger partial charge in [-0.3, -0.25) is 14.9 Å². The number of carbonyl (C=O) groups is 1. The maximum Gasteiger partial charge on any atom is 0.274 e. The van der Waals surface area contributed by atoms with Gasteiger partial charge in [-0.2, -0.15) is 0 Å². The molecular formula is C14H20ClN3O4. The van der Waals surface area contributed by atoms with Crippen LogP contribution in [-0.2, 0) is 9.53 Å². The normalized spacial score (nSPS) is 16.9. The van der Waals surface area contributed by atoms with Crippen molar-refractivity contribution in [1.82, 2.24) is 5.32 Å². The molecule has 1 aliphatic heterocycles. The van der Waals surface area contributed by atoms with Crippen LogP contribution in [0.4, 0.5) is 11.4 Å². The van der Waals surface area contributed by atoms with E-state index in [0.717, 1.165) is 19.4 Å². The van der Waals surface area contributed by atoms with E-state index >= 15 is 0 Å². The minimum absolute atomic E-state index is 0. The minimum atomic E-state index is -0.458. The first-order chi connectivity index (χ1) is 10.1. The SMILES string of the molecule is Cc1c(NC(=O)CNCC2CCCO2)cccc1[N+](=O)[O-].Cl. The third kappa shape index (κ3) is 4.94. The van der Waals surface area contributed by atoms with Gasteiger partial charge in [0, 0.05) is 19.2 Å². The molecular weight excluding hydrogens is 310 g/mol. The van der Waals surface area contributed by atoms with Gasteiger partial charge >= 0.3 is 0 Å². The molecule has 1 unspecified atom stereocenters. The summed E-state index contributed by atoms with van der Waals surface area (Å²) in [7, 11) is 0. The Morgan fingerprint density at radius 2 is 2.27 bits per heavy atom. The molecule has 122 valence electrons. The van der Waals surface area contributed by atoms with Crippen molar-refractivity contribution in [3.05, 3.63) is 33.9 Å². The first-order valence-electron chi connectivity index (χ1n) is 6.94. The van der Waals surface area contributed by atoms with Crippen LogP contribution in [0.1, 0.15) is 18.4 Å². The molecule has 1 heterocycles. The summed E-state index contributed by atoms with van der Waals surface area (Å²) in [6, 6.07) is 4.63. The molecule has 1 amide bonds. The maximum atomic E-state index is 11.8. The molecule has 0 spiro atoms. The van der Waals surface area contributed by atoms with Gasteiger partial charge in [0.05, 0.1) is 28.8 Å². The van der Waals surface area contributed by atoms with Crippen molar-refractivity contribution in [2.45, 2.75) is 25.9 Å². The Morgan fingerprint density at radius 1 is 1.50 bits per heavy atom. The third-order valence-electron chi connectivity index (χ3n) is 3.46. The molecule has 22 heavy (non-hydrogen) atoms. The number of hydrogen-bond donors (Lipinski definition) is 2. The average molecular weight is 330 g/mol. The average Bonchev–Trinajstić information content (AvgIpc) is 2.94. The Morgan fingerprint density at radius 3 is 2.91 bits per heavy atom. The predicted octanol–water partition coefficient (Wildman–Crippen LogP) is 2.03. The zero-order valence-corrected chi connectivity index (χ0v) is 13.1. The van der Waals surface area contributed by atoms with Gasteiger partial charge in [0.15, 0.2) is 0 Å². The van der Waals surface area contributed by atoms with Crippen molar-refractivity contribution in [1.29, 1.82) is 0 Å². The number of nitrogens with one attached hydrogen (secondary N) is 2. The topological polar surface area (TPSA) is 93.5 Å². The predicted molar refractivity (Wildman–Crippen MR) is 85.6 cm³/mol. The Labute approximate surface area is 135 Å². The molecule has 1 aromatic rings. The molecule has 2 N–H and O–H groups in total. The molecule has 1 aliphatic rings. The van der Waals surface area contributed by atoms with Crippen LogP contribution < -0.4 is 10.6 Å². The number of amides is 1. The van der Waals surface area contributed by atoms with Crippen LogP contribution >= 0.6 is 12.4 Å². The van der Waals surface area contributed by atoms with Gasteiger partial charge in [0.25, 0.3) is 5.69 Å². The van der Waals surface area contributed by atoms with Crippen LogP contribution in [0.5, 0.6) is 0 Å². The van der Waals surface area contributed by atoms with Crippen molar-refractivity contribution >= 4 is 29.7 Å². The van der Waals surface area contributed by atoms with Crippen LogP contribution in [0.15, 0.2) is 18.2 Å². The number of rotatable bonds is 6. The number of nitro groups is 1. The molecule has 1 atom stereocenters. The van der Waals surface area contributed by atoms with E-state index in [1.165, 1.54) is 6.07 Å². The van der Waals surface area contributed by atoms with Crippen molar-refractivity contribution < 1.29 is 14.5 Å². The number of anilines is 1. The number of hydrogen-bond acceptors (Lipinski definition) is 5. The van der Waals surface area contributed by atoms with Gasteiger partial charge in [-0.25, -0.2) is 0 Å². The molecule has 7 nitrogen and oxygen atoms in total. The first-order valence-corrected chi connectivity index (χ1v) is 6.94. The Bertz CT molecular complexity index is 533. The summed E-state index contributed by atoms with van der Waals surface area (Å²) in [4.78, 5) is 22.2. The molecule has 0 aliphatic carbocycles. The van der Waals surface area contributed by atoms with Crippen LogP contribution in [0, 0.1) is 17.0 Å². The highest BCUT2D eigenvalue weighted by Gasteiger charge is 2.16. The van der Waals surface area contributed by atoms with E-state index in [-0.39, 0.29) is 36.7 Å². The van der Waals surface area contributed by atoms with E-state index in [9.17, 15) is 14.9 Å². The molecule has 2 rings (SSSR count). The lowest BCUT2D eigenvalue weighted by atomic mass is 10.1. The fourth-order valence-electron chi connectivity index (χ4n) is 2.30. The molecule has 0 aromatic heterocycles. The largest absolute Gasteiger partial charge is 0.377 e. The van der Waals surface area contributed by atoms with Crippen LogP contribution in [0.25, 0.3) is 0 Å². The van der Waals surface area contributed by atoms with Crippen molar-refractivity contribution in [3.63, 3.8) is 0 Å². The van der Waals surface area contributed by atoms with Crippen LogP contribution in [0.2, 0.25) is 0 Å². The lowest BCUT2D eigenvalue weighted by Crippen LogP contribution is -2.33. The summed E-state index contributed by atoms with van der Waals surface area (Å²) < 4.78 is 5.45. The lowest BCUT2D eigenvalue weighted by Gasteiger charge is -2.12.